The quantitative estimate of drug-likeness (QED) is 0.856. The van der Waals surface area contributed by atoms with Gasteiger partial charge < -0.3 is 5.32 Å². The highest BCUT2D eigenvalue weighted by Crippen LogP contribution is 2.24. The van der Waals surface area contributed by atoms with Gasteiger partial charge in [0.25, 0.3) is 0 Å². The van der Waals surface area contributed by atoms with Gasteiger partial charge >= 0.3 is 0 Å². The van der Waals surface area contributed by atoms with Crippen LogP contribution in [0.3, 0.4) is 0 Å². The lowest BCUT2D eigenvalue weighted by atomic mass is 9.97. The van der Waals surface area contributed by atoms with E-state index in [1.807, 2.05) is 10.9 Å². The van der Waals surface area contributed by atoms with Gasteiger partial charge in [0.2, 0.25) is 0 Å². The number of hydrogen-bond donors (Lipinski definition) is 1. The molecule has 2 rings (SSSR count). The number of hydrogen-bond acceptors (Lipinski definition) is 2. The van der Waals surface area contributed by atoms with Crippen LogP contribution in [0.2, 0.25) is 0 Å². The molecule has 0 radical (unpaired) electrons. The molecule has 1 unspecified atom stereocenters. The average Bonchev–Trinajstić information content (AvgIpc) is 2.83. The molecule has 1 atom stereocenters. The lowest BCUT2D eigenvalue weighted by Gasteiger charge is -2.26. The topological polar surface area (TPSA) is 29.9 Å². The molecule has 0 saturated heterocycles. The van der Waals surface area contributed by atoms with E-state index >= 15 is 0 Å². The summed E-state index contributed by atoms with van der Waals surface area (Å²) in [5.74, 6) is 0. The van der Waals surface area contributed by atoms with E-state index in [9.17, 15) is 0 Å². The van der Waals surface area contributed by atoms with Gasteiger partial charge in [0.05, 0.1) is 6.20 Å². The van der Waals surface area contributed by atoms with Crippen LogP contribution in [0.15, 0.2) is 36.7 Å². The van der Waals surface area contributed by atoms with Crippen LogP contribution in [0.4, 0.5) is 0 Å². The molecule has 0 amide bonds. The molecule has 0 bridgehead atoms. The molecule has 0 saturated carbocycles. The summed E-state index contributed by atoms with van der Waals surface area (Å²) in [5.41, 5.74) is 4.06. The molecule has 1 heterocycles. The molecule has 0 aliphatic rings. The molecule has 0 aliphatic carbocycles. The fourth-order valence-electron chi connectivity index (χ4n) is 2.78. The first-order valence-corrected chi connectivity index (χ1v) is 8.44. The lowest BCUT2D eigenvalue weighted by molar-refractivity contribution is 0.325. The van der Waals surface area contributed by atoms with Crippen molar-refractivity contribution in [2.24, 2.45) is 5.41 Å². The molecule has 23 heavy (non-hydrogen) atoms. The smallest absolute Gasteiger partial charge is 0.0568 e. The standard InChI is InChI=1S/C20H31N3/c1-15(22-20(5,6)7)16-8-10-17(11-9-16)18-12-21-23(13-18)14-19(2,3)4/h8-13,15,22H,14H2,1-7H3. The second-order valence-electron chi connectivity index (χ2n) is 8.73. The minimum absolute atomic E-state index is 0.117. The Hall–Kier alpha value is -1.61. The molecule has 1 N–H and O–H groups in total. The number of rotatable bonds is 4. The van der Waals surface area contributed by atoms with E-state index in [1.54, 1.807) is 0 Å². The second-order valence-corrected chi connectivity index (χ2v) is 8.73. The van der Waals surface area contributed by atoms with Gasteiger partial charge in [-0.15, -0.1) is 0 Å². The Bertz CT molecular complexity index is 624. The summed E-state index contributed by atoms with van der Waals surface area (Å²) < 4.78 is 2.03. The number of nitrogens with zero attached hydrogens (tertiary/aromatic N) is 2. The van der Waals surface area contributed by atoms with Crippen molar-refractivity contribution in [2.45, 2.75) is 66.6 Å². The highest BCUT2D eigenvalue weighted by molar-refractivity contribution is 5.62. The van der Waals surface area contributed by atoms with Gasteiger partial charge in [-0.2, -0.15) is 5.10 Å². The van der Waals surface area contributed by atoms with E-state index in [4.69, 9.17) is 0 Å². The van der Waals surface area contributed by atoms with Gasteiger partial charge in [0, 0.05) is 29.9 Å². The Kier molecular flexibility index (Phi) is 5.00. The summed E-state index contributed by atoms with van der Waals surface area (Å²) in [7, 11) is 0. The molecule has 3 heteroatoms. The van der Waals surface area contributed by atoms with E-state index in [0.717, 1.165) is 6.54 Å². The van der Waals surface area contributed by atoms with Crippen molar-refractivity contribution < 1.29 is 0 Å². The monoisotopic (exact) mass is 313 g/mol. The van der Waals surface area contributed by atoms with E-state index in [-0.39, 0.29) is 11.0 Å². The van der Waals surface area contributed by atoms with Crippen molar-refractivity contribution in [3.63, 3.8) is 0 Å². The Balaban J connectivity index is 2.11. The van der Waals surface area contributed by atoms with Crippen molar-refractivity contribution in [3.8, 4) is 11.1 Å². The molecular weight excluding hydrogens is 282 g/mol. The SMILES string of the molecule is CC(NC(C)(C)C)c1ccc(-c2cnn(CC(C)(C)C)c2)cc1. The first-order chi connectivity index (χ1) is 10.5. The normalized spacial score (nSPS) is 14.0. The predicted octanol–water partition coefficient (Wildman–Crippen LogP) is 5.05. The van der Waals surface area contributed by atoms with Gasteiger partial charge in [0.1, 0.15) is 0 Å². The van der Waals surface area contributed by atoms with Crippen LogP contribution in [0.5, 0.6) is 0 Å². The van der Waals surface area contributed by atoms with Crippen molar-refractivity contribution in [1.29, 1.82) is 0 Å². The van der Waals surface area contributed by atoms with Crippen LogP contribution in [0.1, 0.15) is 60.1 Å². The zero-order valence-corrected chi connectivity index (χ0v) is 15.6. The van der Waals surface area contributed by atoms with Crippen LogP contribution in [-0.2, 0) is 6.54 Å². The summed E-state index contributed by atoms with van der Waals surface area (Å²) in [4.78, 5) is 0. The molecule has 1 aromatic carbocycles. The largest absolute Gasteiger partial charge is 0.306 e. The van der Waals surface area contributed by atoms with Crippen LogP contribution in [0.25, 0.3) is 11.1 Å². The number of benzene rings is 1. The first kappa shape index (κ1) is 17.7. The summed E-state index contributed by atoms with van der Waals surface area (Å²) in [6, 6.07) is 9.13. The van der Waals surface area contributed by atoms with Crippen LogP contribution < -0.4 is 5.32 Å². The number of nitrogens with one attached hydrogen (secondary N) is 1. The number of aromatic nitrogens is 2. The summed E-state index contributed by atoms with van der Waals surface area (Å²) >= 11 is 0. The van der Waals surface area contributed by atoms with Gasteiger partial charge in [-0.05, 0) is 44.2 Å². The molecule has 0 fully saturated rings. The van der Waals surface area contributed by atoms with E-state index in [1.165, 1.54) is 16.7 Å². The molecular formula is C20H31N3. The minimum Gasteiger partial charge on any atom is -0.306 e. The fourth-order valence-corrected chi connectivity index (χ4v) is 2.78. The third kappa shape index (κ3) is 5.51. The average molecular weight is 313 g/mol. The maximum Gasteiger partial charge on any atom is 0.0568 e. The Morgan fingerprint density at radius 3 is 2.13 bits per heavy atom. The maximum atomic E-state index is 4.49. The first-order valence-electron chi connectivity index (χ1n) is 8.44. The zero-order valence-electron chi connectivity index (χ0n) is 15.6. The third-order valence-electron chi connectivity index (χ3n) is 3.66. The molecule has 0 spiro atoms. The highest BCUT2D eigenvalue weighted by Gasteiger charge is 2.15. The zero-order chi connectivity index (χ0) is 17.3. The van der Waals surface area contributed by atoms with E-state index in [2.05, 4.69) is 89.3 Å². The van der Waals surface area contributed by atoms with Crippen LogP contribution in [-0.4, -0.2) is 15.3 Å². The third-order valence-corrected chi connectivity index (χ3v) is 3.66. The van der Waals surface area contributed by atoms with Crippen molar-refractivity contribution >= 4 is 0 Å². The minimum atomic E-state index is 0.117. The Morgan fingerprint density at radius 1 is 1.00 bits per heavy atom. The van der Waals surface area contributed by atoms with Gasteiger partial charge in [-0.3, -0.25) is 4.68 Å². The fraction of sp³-hybridized carbons (Fsp3) is 0.550. The molecule has 3 nitrogen and oxygen atoms in total. The van der Waals surface area contributed by atoms with Crippen molar-refractivity contribution in [1.82, 2.24) is 15.1 Å². The van der Waals surface area contributed by atoms with E-state index < -0.39 is 0 Å². The molecule has 126 valence electrons. The van der Waals surface area contributed by atoms with Crippen molar-refractivity contribution in [2.75, 3.05) is 0 Å². The summed E-state index contributed by atoms with van der Waals surface area (Å²) in [6.07, 6.45) is 4.09. The summed E-state index contributed by atoms with van der Waals surface area (Å²) in [6.45, 7) is 16.4. The second kappa shape index (κ2) is 6.48. The summed E-state index contributed by atoms with van der Waals surface area (Å²) in [5, 5.41) is 8.10. The molecule has 0 aliphatic heterocycles. The highest BCUT2D eigenvalue weighted by atomic mass is 15.3. The van der Waals surface area contributed by atoms with Gasteiger partial charge in [0.15, 0.2) is 0 Å². The van der Waals surface area contributed by atoms with Crippen molar-refractivity contribution in [3.05, 3.63) is 42.2 Å². The van der Waals surface area contributed by atoms with Crippen LogP contribution in [0, 0.1) is 5.41 Å². The lowest BCUT2D eigenvalue weighted by Crippen LogP contribution is -2.37. The predicted molar refractivity (Wildman–Crippen MR) is 98.4 cm³/mol. The molecule has 1 aromatic heterocycles. The van der Waals surface area contributed by atoms with E-state index in [0.29, 0.717) is 6.04 Å². The van der Waals surface area contributed by atoms with Crippen LogP contribution >= 0.6 is 0 Å². The van der Waals surface area contributed by atoms with Gasteiger partial charge in [-0.1, -0.05) is 45.0 Å². The maximum absolute atomic E-state index is 4.49. The Morgan fingerprint density at radius 2 is 1.61 bits per heavy atom. The molecule has 2 aromatic rings. The Labute approximate surface area is 141 Å². The van der Waals surface area contributed by atoms with Gasteiger partial charge in [-0.25, -0.2) is 0 Å².